The van der Waals surface area contributed by atoms with Crippen molar-refractivity contribution in [2.75, 3.05) is 0 Å². The first kappa shape index (κ1) is 17.5. The predicted octanol–water partition coefficient (Wildman–Crippen LogP) is 5.39. The van der Waals surface area contributed by atoms with Gasteiger partial charge in [0, 0.05) is 26.3 Å². The zero-order chi connectivity index (χ0) is 17.4. The average molecular weight is 533 g/mol. The molecule has 3 heteroatoms. The molecule has 0 N–H and O–H groups in total. The molecule has 2 fully saturated rings. The monoisotopic (exact) mass is 533 g/mol. The van der Waals surface area contributed by atoms with Gasteiger partial charge in [-0.15, -0.1) is 35.0 Å². The van der Waals surface area contributed by atoms with Crippen molar-refractivity contribution in [1.29, 1.82) is 0 Å². The smallest absolute Gasteiger partial charge is 0.153 e. The molecule has 139 valence electrons. The third-order valence-electron chi connectivity index (χ3n) is 7.45. The molecular formula is C24H22IrNO-. The molecule has 2 saturated carbocycles. The summed E-state index contributed by atoms with van der Waals surface area (Å²) in [6, 6.07) is 13.9. The van der Waals surface area contributed by atoms with Gasteiger partial charge in [0.25, 0.3) is 0 Å². The average Bonchev–Trinajstić information content (AvgIpc) is 3.40. The van der Waals surface area contributed by atoms with E-state index in [1.54, 1.807) is 0 Å². The number of pyridine rings is 1. The Morgan fingerprint density at radius 3 is 2.37 bits per heavy atom. The Morgan fingerprint density at radius 2 is 1.63 bits per heavy atom. The number of hydrogen-bond donors (Lipinski definition) is 0. The van der Waals surface area contributed by atoms with E-state index in [2.05, 4.69) is 30.5 Å². The summed E-state index contributed by atoms with van der Waals surface area (Å²) in [5.74, 6) is 0.529. The molecule has 0 aliphatic heterocycles. The van der Waals surface area contributed by atoms with Gasteiger partial charge in [0.1, 0.15) is 0 Å². The van der Waals surface area contributed by atoms with Gasteiger partial charge >= 0.3 is 0 Å². The van der Waals surface area contributed by atoms with E-state index < -0.39 is 0 Å². The third kappa shape index (κ3) is 2.05. The molecule has 27 heavy (non-hydrogen) atoms. The van der Waals surface area contributed by atoms with Crippen LogP contribution in [0.1, 0.15) is 62.5 Å². The zero-order valence-electron chi connectivity index (χ0n) is 15.3. The Morgan fingerprint density at radius 1 is 0.926 bits per heavy atom. The minimum absolute atomic E-state index is 0. The largest absolute Gasteiger partial charge is 0.304 e. The van der Waals surface area contributed by atoms with Crippen LogP contribution in [-0.2, 0) is 35.7 Å². The molecule has 1 radical (unpaired) electrons. The van der Waals surface area contributed by atoms with Crippen LogP contribution >= 0.6 is 0 Å². The van der Waals surface area contributed by atoms with Crippen LogP contribution in [0.4, 0.5) is 0 Å². The van der Waals surface area contributed by atoms with Gasteiger partial charge in [0.2, 0.25) is 0 Å². The van der Waals surface area contributed by atoms with E-state index in [1.807, 2.05) is 12.1 Å². The third-order valence-corrected chi connectivity index (χ3v) is 7.45. The Labute approximate surface area is 173 Å². The van der Waals surface area contributed by atoms with Crippen molar-refractivity contribution < 1.29 is 24.9 Å². The summed E-state index contributed by atoms with van der Waals surface area (Å²) in [4.78, 5) is 18.8. The van der Waals surface area contributed by atoms with Gasteiger partial charge in [0.05, 0.1) is 10.8 Å². The first-order valence-electron chi connectivity index (χ1n) is 10.0. The standard InChI is InChI=1S/C24H22NO.Ir/c26-22-23(11-3-4-12-23)19-15-25-21-17-8-2-1-7-16(17)9-10-18(21)20(19)24(22)13-5-6-14-24;/h1-2,7,9-10,15H,3-6,11-14H2;/q-1;. The molecule has 6 rings (SSSR count). The van der Waals surface area contributed by atoms with E-state index >= 15 is 0 Å². The number of aromatic nitrogens is 1. The minimum Gasteiger partial charge on any atom is -0.304 e. The van der Waals surface area contributed by atoms with Gasteiger partial charge in [-0.1, -0.05) is 37.8 Å². The van der Waals surface area contributed by atoms with Crippen LogP contribution in [0.15, 0.2) is 36.5 Å². The van der Waals surface area contributed by atoms with Crippen LogP contribution in [0.25, 0.3) is 21.7 Å². The summed E-state index contributed by atoms with van der Waals surface area (Å²) in [5.41, 5.74) is 3.14. The molecule has 1 aromatic heterocycles. The van der Waals surface area contributed by atoms with Gasteiger partial charge in [-0.3, -0.25) is 4.79 Å². The maximum Gasteiger partial charge on any atom is 0.153 e. The molecule has 2 nitrogen and oxygen atoms in total. The molecule has 3 aliphatic carbocycles. The fraction of sp³-hybridized carbons (Fsp3) is 0.417. The Balaban J connectivity index is 0.00000160. The maximum absolute atomic E-state index is 13.9. The molecule has 0 unspecified atom stereocenters. The number of ketones is 1. The van der Waals surface area contributed by atoms with Crippen molar-refractivity contribution in [1.82, 2.24) is 4.98 Å². The van der Waals surface area contributed by atoms with Gasteiger partial charge < -0.3 is 4.98 Å². The second-order valence-corrected chi connectivity index (χ2v) is 8.55. The molecule has 0 saturated heterocycles. The van der Waals surface area contributed by atoms with Crippen LogP contribution in [0.5, 0.6) is 0 Å². The predicted molar refractivity (Wildman–Crippen MR) is 103 cm³/mol. The van der Waals surface area contributed by atoms with Crippen molar-refractivity contribution >= 4 is 27.5 Å². The van der Waals surface area contributed by atoms with E-state index in [0.29, 0.717) is 5.78 Å². The minimum atomic E-state index is -0.247. The number of rotatable bonds is 0. The van der Waals surface area contributed by atoms with Crippen LogP contribution in [-0.4, -0.2) is 10.8 Å². The van der Waals surface area contributed by atoms with Gasteiger partial charge in [-0.25, -0.2) is 0 Å². The van der Waals surface area contributed by atoms with Gasteiger partial charge in [-0.2, -0.15) is 0 Å². The van der Waals surface area contributed by atoms with Crippen LogP contribution in [0.3, 0.4) is 0 Å². The summed E-state index contributed by atoms with van der Waals surface area (Å²) in [6.45, 7) is 0. The topological polar surface area (TPSA) is 30.0 Å². The summed E-state index contributed by atoms with van der Waals surface area (Å²) in [7, 11) is 0. The number of carbonyl (C=O) groups excluding carboxylic acids is 1. The van der Waals surface area contributed by atoms with E-state index in [0.717, 1.165) is 36.6 Å². The van der Waals surface area contributed by atoms with E-state index in [-0.39, 0.29) is 30.9 Å². The number of fused-ring (bicyclic) bond motifs is 7. The maximum atomic E-state index is 13.9. The second kappa shape index (κ2) is 5.96. The normalized spacial score (nSPS) is 22.0. The first-order chi connectivity index (χ1) is 12.8. The van der Waals surface area contributed by atoms with Crippen molar-refractivity contribution in [3.8, 4) is 0 Å². The van der Waals surface area contributed by atoms with Crippen LogP contribution < -0.4 is 0 Å². The Hall–Kier alpha value is -1.57. The van der Waals surface area contributed by atoms with E-state index in [9.17, 15) is 4.79 Å². The molecular weight excluding hydrogens is 510 g/mol. The van der Waals surface area contributed by atoms with Crippen molar-refractivity contribution in [3.05, 3.63) is 53.7 Å². The van der Waals surface area contributed by atoms with Crippen molar-refractivity contribution in [2.45, 2.75) is 62.2 Å². The van der Waals surface area contributed by atoms with E-state index in [4.69, 9.17) is 4.98 Å². The number of benzene rings is 2. The van der Waals surface area contributed by atoms with Gasteiger partial charge in [-0.05, 0) is 47.7 Å². The van der Waals surface area contributed by atoms with Crippen molar-refractivity contribution in [3.63, 3.8) is 0 Å². The molecule has 0 atom stereocenters. The summed E-state index contributed by atoms with van der Waals surface area (Å²) in [5, 5.41) is 3.46. The molecule has 2 aromatic carbocycles. The molecule has 3 aromatic rings. The molecule has 0 bridgehead atoms. The van der Waals surface area contributed by atoms with Gasteiger partial charge in [0.15, 0.2) is 5.78 Å². The Bertz CT molecular complexity index is 1070. The number of hydrogen-bond acceptors (Lipinski definition) is 2. The van der Waals surface area contributed by atoms with Crippen molar-refractivity contribution in [2.24, 2.45) is 0 Å². The number of nitrogens with zero attached hydrogens (tertiary/aromatic N) is 1. The van der Waals surface area contributed by atoms with Crippen LogP contribution in [0.2, 0.25) is 0 Å². The quantitative estimate of drug-likeness (QED) is 0.287. The Kier molecular flexibility index (Phi) is 3.87. The zero-order valence-corrected chi connectivity index (χ0v) is 17.7. The molecule has 2 spiro atoms. The molecule has 3 aliphatic rings. The number of Topliss-reactive ketones (excluding diaryl/α,β-unsaturated/α-hetero) is 1. The molecule has 1 heterocycles. The SMILES string of the molecule is O=C1C2(CCCC2)c2cnc3c(ccc4ccc[c-]c43)c2C12CCCC2.[Ir]. The fourth-order valence-corrected chi connectivity index (χ4v) is 6.36. The number of carbonyl (C=O) groups is 1. The summed E-state index contributed by atoms with van der Waals surface area (Å²) >= 11 is 0. The van der Waals surface area contributed by atoms with Crippen LogP contribution in [0, 0.1) is 6.07 Å². The summed E-state index contributed by atoms with van der Waals surface area (Å²) < 4.78 is 0. The summed E-state index contributed by atoms with van der Waals surface area (Å²) in [6.07, 6.45) is 10.8. The second-order valence-electron chi connectivity index (χ2n) is 8.55. The fourth-order valence-electron chi connectivity index (χ4n) is 6.36. The molecule has 0 amide bonds. The first-order valence-corrected chi connectivity index (χ1v) is 10.0. The van der Waals surface area contributed by atoms with E-state index in [1.165, 1.54) is 47.6 Å².